The van der Waals surface area contributed by atoms with Crippen LogP contribution in [0.25, 0.3) is 0 Å². The Bertz CT molecular complexity index is 419. The number of nitrogens with one attached hydrogen (secondary N) is 1. The van der Waals surface area contributed by atoms with E-state index in [0.29, 0.717) is 0 Å². The largest absolute Gasteiger partial charge is 0.316 e. The first-order valence-electron chi connectivity index (χ1n) is 8.31. The van der Waals surface area contributed by atoms with Crippen LogP contribution in [0.5, 0.6) is 0 Å². The highest BCUT2D eigenvalue weighted by Crippen LogP contribution is 2.25. The van der Waals surface area contributed by atoms with Gasteiger partial charge in [-0.1, -0.05) is 49.1 Å². The van der Waals surface area contributed by atoms with Crippen LogP contribution >= 0.6 is 0 Å². The quantitative estimate of drug-likeness (QED) is 0.884. The van der Waals surface area contributed by atoms with Crippen molar-refractivity contribution >= 4 is 0 Å². The summed E-state index contributed by atoms with van der Waals surface area (Å²) in [4.78, 5) is 2.78. The Balaban J connectivity index is 1.66. The maximum atomic E-state index is 3.42. The second-order valence-electron chi connectivity index (χ2n) is 6.73. The summed E-state index contributed by atoms with van der Waals surface area (Å²) >= 11 is 0. The average molecular weight is 272 g/mol. The van der Waals surface area contributed by atoms with Gasteiger partial charge in [-0.15, -0.1) is 0 Å². The van der Waals surface area contributed by atoms with Gasteiger partial charge in [0, 0.05) is 32.2 Å². The van der Waals surface area contributed by atoms with Gasteiger partial charge in [-0.3, -0.25) is 4.90 Å². The van der Waals surface area contributed by atoms with E-state index < -0.39 is 0 Å². The lowest BCUT2D eigenvalue weighted by Crippen LogP contribution is -2.50. The maximum Gasteiger partial charge on any atom is 0.0236 e. The van der Waals surface area contributed by atoms with Crippen molar-refractivity contribution < 1.29 is 0 Å². The molecule has 3 rings (SSSR count). The number of nitrogens with zero attached hydrogens (tertiary/aromatic N) is 1. The van der Waals surface area contributed by atoms with Crippen LogP contribution < -0.4 is 5.32 Å². The zero-order chi connectivity index (χ0) is 13.8. The highest BCUT2D eigenvalue weighted by molar-refractivity contribution is 5.22. The fraction of sp³-hybridized carbons (Fsp3) is 0.667. The normalized spacial score (nSPS) is 21.1. The highest BCUT2D eigenvalue weighted by atomic mass is 15.2. The number of benzene rings is 1. The molecular weight excluding hydrogens is 244 g/mol. The van der Waals surface area contributed by atoms with Crippen LogP contribution in [-0.2, 0) is 6.54 Å². The predicted molar refractivity (Wildman–Crippen MR) is 84.8 cm³/mol. The van der Waals surface area contributed by atoms with Crippen molar-refractivity contribution in [1.29, 1.82) is 0 Å². The summed E-state index contributed by atoms with van der Waals surface area (Å²) in [6.45, 7) is 7.06. The van der Waals surface area contributed by atoms with E-state index >= 15 is 0 Å². The minimum atomic E-state index is 0.824. The van der Waals surface area contributed by atoms with Gasteiger partial charge in [0.25, 0.3) is 0 Å². The molecule has 2 heteroatoms. The first kappa shape index (κ1) is 14.1. The van der Waals surface area contributed by atoms with E-state index in [4.69, 9.17) is 0 Å². The monoisotopic (exact) mass is 272 g/mol. The summed E-state index contributed by atoms with van der Waals surface area (Å²) in [7, 11) is 0. The Morgan fingerprint density at radius 2 is 1.95 bits per heavy atom. The average Bonchev–Trinajstić information content (AvgIpc) is 2.42. The van der Waals surface area contributed by atoms with Crippen molar-refractivity contribution in [3.63, 3.8) is 0 Å². The molecule has 2 aliphatic rings. The van der Waals surface area contributed by atoms with Gasteiger partial charge in [0.15, 0.2) is 0 Å². The Kier molecular flexibility index (Phi) is 4.74. The Morgan fingerprint density at radius 1 is 1.15 bits per heavy atom. The van der Waals surface area contributed by atoms with Crippen LogP contribution in [0.2, 0.25) is 0 Å². The standard InChI is InChI=1S/C18H28N2/c1-15-6-5-7-16(10-15)13-20(14-17-11-19-12-17)18-8-3-2-4-9-18/h5-7,10,17-19H,2-4,8-9,11-14H2,1H3. The smallest absolute Gasteiger partial charge is 0.0236 e. The fourth-order valence-corrected chi connectivity index (χ4v) is 3.64. The molecule has 0 aromatic heterocycles. The van der Waals surface area contributed by atoms with E-state index in [0.717, 1.165) is 18.5 Å². The van der Waals surface area contributed by atoms with Crippen LogP contribution in [0.1, 0.15) is 43.2 Å². The molecule has 1 aromatic rings. The minimum Gasteiger partial charge on any atom is -0.316 e. The summed E-state index contributed by atoms with van der Waals surface area (Å²) in [6.07, 6.45) is 7.12. The summed E-state index contributed by atoms with van der Waals surface area (Å²) in [5, 5.41) is 3.42. The lowest BCUT2D eigenvalue weighted by molar-refractivity contribution is 0.109. The first-order valence-corrected chi connectivity index (χ1v) is 8.31. The van der Waals surface area contributed by atoms with Crippen molar-refractivity contribution in [3.8, 4) is 0 Å². The van der Waals surface area contributed by atoms with Crippen molar-refractivity contribution in [2.45, 2.75) is 51.6 Å². The Labute approximate surface area is 123 Å². The molecule has 0 unspecified atom stereocenters. The molecule has 1 aromatic carbocycles. The van der Waals surface area contributed by atoms with Gasteiger partial charge in [-0.25, -0.2) is 0 Å². The third-order valence-electron chi connectivity index (χ3n) is 4.92. The molecule has 110 valence electrons. The van der Waals surface area contributed by atoms with Gasteiger partial charge in [0.2, 0.25) is 0 Å². The molecule has 1 aliphatic heterocycles. The lowest BCUT2D eigenvalue weighted by atomic mass is 9.92. The van der Waals surface area contributed by atoms with Crippen molar-refractivity contribution in [1.82, 2.24) is 10.2 Å². The second kappa shape index (κ2) is 6.73. The summed E-state index contributed by atoms with van der Waals surface area (Å²) in [5.41, 5.74) is 2.87. The third-order valence-corrected chi connectivity index (χ3v) is 4.92. The van der Waals surface area contributed by atoms with Crippen LogP contribution in [0.3, 0.4) is 0 Å². The van der Waals surface area contributed by atoms with Gasteiger partial charge < -0.3 is 5.32 Å². The topological polar surface area (TPSA) is 15.3 Å². The van der Waals surface area contributed by atoms with E-state index in [1.54, 1.807) is 0 Å². The summed E-state index contributed by atoms with van der Waals surface area (Å²) in [5.74, 6) is 0.877. The predicted octanol–water partition coefficient (Wildman–Crippen LogP) is 3.35. The molecular formula is C18H28N2. The van der Waals surface area contributed by atoms with Gasteiger partial charge in [-0.2, -0.15) is 0 Å². The molecule has 0 bridgehead atoms. The van der Waals surface area contributed by atoms with E-state index in [1.807, 2.05) is 0 Å². The molecule has 1 aliphatic carbocycles. The van der Waals surface area contributed by atoms with Crippen LogP contribution in [0.15, 0.2) is 24.3 Å². The van der Waals surface area contributed by atoms with Crippen molar-refractivity contribution in [3.05, 3.63) is 35.4 Å². The lowest BCUT2D eigenvalue weighted by Gasteiger charge is -2.39. The second-order valence-corrected chi connectivity index (χ2v) is 6.73. The molecule has 20 heavy (non-hydrogen) atoms. The SMILES string of the molecule is Cc1cccc(CN(CC2CNC2)C2CCCCC2)c1. The van der Waals surface area contributed by atoms with Crippen LogP contribution in [-0.4, -0.2) is 30.6 Å². The molecule has 0 amide bonds. The van der Waals surface area contributed by atoms with E-state index in [9.17, 15) is 0 Å². The fourth-order valence-electron chi connectivity index (χ4n) is 3.64. The number of aryl methyl sites for hydroxylation is 1. The van der Waals surface area contributed by atoms with E-state index in [2.05, 4.69) is 41.4 Å². The van der Waals surface area contributed by atoms with E-state index in [-0.39, 0.29) is 0 Å². The number of hydrogen-bond donors (Lipinski definition) is 1. The molecule has 1 saturated carbocycles. The van der Waals surface area contributed by atoms with Gasteiger partial charge in [0.05, 0.1) is 0 Å². The van der Waals surface area contributed by atoms with Gasteiger partial charge >= 0.3 is 0 Å². The molecule has 0 spiro atoms. The zero-order valence-corrected chi connectivity index (χ0v) is 12.8. The van der Waals surface area contributed by atoms with Crippen molar-refractivity contribution in [2.24, 2.45) is 5.92 Å². The Hall–Kier alpha value is -0.860. The molecule has 2 fully saturated rings. The molecule has 2 nitrogen and oxygen atoms in total. The van der Waals surface area contributed by atoms with Gasteiger partial charge in [-0.05, 0) is 31.2 Å². The first-order chi connectivity index (χ1) is 9.81. The molecule has 1 saturated heterocycles. The summed E-state index contributed by atoms with van der Waals surface area (Å²) in [6, 6.07) is 9.88. The van der Waals surface area contributed by atoms with Crippen LogP contribution in [0.4, 0.5) is 0 Å². The summed E-state index contributed by atoms with van der Waals surface area (Å²) < 4.78 is 0. The maximum absolute atomic E-state index is 3.42. The zero-order valence-electron chi connectivity index (χ0n) is 12.8. The van der Waals surface area contributed by atoms with E-state index in [1.165, 1.54) is 62.9 Å². The number of hydrogen-bond acceptors (Lipinski definition) is 2. The van der Waals surface area contributed by atoms with Gasteiger partial charge in [0.1, 0.15) is 0 Å². The molecule has 0 radical (unpaired) electrons. The Morgan fingerprint density at radius 3 is 2.60 bits per heavy atom. The molecule has 0 atom stereocenters. The third kappa shape index (κ3) is 3.62. The molecule has 1 N–H and O–H groups in total. The number of rotatable bonds is 5. The van der Waals surface area contributed by atoms with Crippen LogP contribution in [0, 0.1) is 12.8 Å². The minimum absolute atomic E-state index is 0.824. The highest BCUT2D eigenvalue weighted by Gasteiger charge is 2.26. The molecule has 1 heterocycles. The van der Waals surface area contributed by atoms with Crippen molar-refractivity contribution in [2.75, 3.05) is 19.6 Å².